The Balaban J connectivity index is 1.55. The van der Waals surface area contributed by atoms with E-state index in [2.05, 4.69) is 11.4 Å². The topological polar surface area (TPSA) is 12.0 Å². The number of rotatable bonds is 1. The van der Waals surface area contributed by atoms with Crippen molar-refractivity contribution in [3.8, 4) is 0 Å². The van der Waals surface area contributed by atoms with E-state index >= 15 is 0 Å². The molecule has 94 valence electrons. The Morgan fingerprint density at radius 2 is 1.41 bits per heavy atom. The molecule has 4 aliphatic carbocycles. The zero-order valence-corrected chi connectivity index (χ0v) is 10.8. The minimum absolute atomic E-state index is 0.906. The zero-order chi connectivity index (χ0) is 11.2. The first-order valence-electron chi connectivity index (χ1n) is 7.81. The van der Waals surface area contributed by atoms with Crippen LogP contribution in [0.2, 0.25) is 0 Å². The van der Waals surface area contributed by atoms with Crippen molar-refractivity contribution in [1.29, 1.82) is 0 Å². The molecular formula is C16H25N. The van der Waals surface area contributed by atoms with Crippen molar-refractivity contribution >= 4 is 0 Å². The van der Waals surface area contributed by atoms with Crippen LogP contribution < -0.4 is 5.32 Å². The van der Waals surface area contributed by atoms with Gasteiger partial charge in [0, 0.05) is 0 Å². The lowest BCUT2D eigenvalue weighted by Gasteiger charge is -2.52. The van der Waals surface area contributed by atoms with Crippen molar-refractivity contribution in [3.05, 3.63) is 11.6 Å². The Bertz CT molecular complexity index is 294. The van der Waals surface area contributed by atoms with Crippen molar-refractivity contribution in [2.45, 2.75) is 44.9 Å². The molecule has 1 aliphatic heterocycles. The largest absolute Gasteiger partial charge is 0.317 e. The average molecular weight is 231 g/mol. The van der Waals surface area contributed by atoms with Gasteiger partial charge in [0.05, 0.1) is 0 Å². The third kappa shape index (κ3) is 1.87. The predicted molar refractivity (Wildman–Crippen MR) is 70.7 cm³/mol. The Labute approximate surface area is 105 Å². The molecule has 0 spiro atoms. The first-order valence-corrected chi connectivity index (χ1v) is 7.81. The van der Waals surface area contributed by atoms with Crippen LogP contribution in [-0.4, -0.2) is 13.1 Å². The minimum atomic E-state index is 0.906. The molecule has 0 aromatic heterocycles. The van der Waals surface area contributed by atoms with Crippen molar-refractivity contribution in [2.75, 3.05) is 13.1 Å². The molecule has 0 atom stereocenters. The third-order valence-electron chi connectivity index (χ3n) is 5.89. The standard InChI is InChI=1S/C16H25N/c1-3-17-4-2-11(1)10-16-14-6-12-5-13(8-14)9-15(16)7-12/h10-15,17H,1-9H2. The molecule has 1 nitrogen and oxygen atoms in total. The number of hydrogen-bond donors (Lipinski definition) is 1. The van der Waals surface area contributed by atoms with Crippen molar-refractivity contribution in [3.63, 3.8) is 0 Å². The van der Waals surface area contributed by atoms with Crippen LogP contribution in [0.25, 0.3) is 0 Å². The quantitative estimate of drug-likeness (QED) is 0.682. The van der Waals surface area contributed by atoms with E-state index in [-0.39, 0.29) is 0 Å². The molecule has 5 fully saturated rings. The van der Waals surface area contributed by atoms with Gasteiger partial charge in [-0.15, -0.1) is 0 Å². The van der Waals surface area contributed by atoms with Crippen molar-refractivity contribution < 1.29 is 0 Å². The summed E-state index contributed by atoms with van der Waals surface area (Å²) in [6.45, 7) is 2.49. The summed E-state index contributed by atoms with van der Waals surface area (Å²) >= 11 is 0. The minimum Gasteiger partial charge on any atom is -0.317 e. The van der Waals surface area contributed by atoms with Crippen LogP contribution in [0.1, 0.15) is 44.9 Å². The van der Waals surface area contributed by atoms with E-state index in [1.165, 1.54) is 25.9 Å². The lowest BCUT2D eigenvalue weighted by Crippen LogP contribution is -2.40. The summed E-state index contributed by atoms with van der Waals surface area (Å²) in [7, 11) is 0. The van der Waals surface area contributed by atoms with Crippen LogP contribution in [0.5, 0.6) is 0 Å². The molecule has 4 bridgehead atoms. The van der Waals surface area contributed by atoms with Gasteiger partial charge < -0.3 is 5.32 Å². The molecule has 0 aromatic rings. The van der Waals surface area contributed by atoms with Gasteiger partial charge in [0.2, 0.25) is 0 Å². The molecule has 1 heterocycles. The van der Waals surface area contributed by atoms with Gasteiger partial charge in [0.1, 0.15) is 0 Å². The summed E-state index contributed by atoms with van der Waals surface area (Å²) in [5.41, 5.74) is 1.92. The first kappa shape index (κ1) is 10.6. The van der Waals surface area contributed by atoms with Gasteiger partial charge in [-0.05, 0) is 87.6 Å². The summed E-state index contributed by atoms with van der Waals surface area (Å²) in [5, 5.41) is 3.49. The van der Waals surface area contributed by atoms with Crippen molar-refractivity contribution in [1.82, 2.24) is 5.32 Å². The molecule has 1 N–H and O–H groups in total. The predicted octanol–water partition coefficient (Wildman–Crippen LogP) is 3.37. The highest BCUT2D eigenvalue weighted by Crippen LogP contribution is 2.56. The Kier molecular flexibility index (Phi) is 2.57. The Morgan fingerprint density at radius 3 is 2.00 bits per heavy atom. The lowest BCUT2D eigenvalue weighted by molar-refractivity contribution is 0.0685. The van der Waals surface area contributed by atoms with Gasteiger partial charge in [-0.3, -0.25) is 0 Å². The molecule has 5 rings (SSSR count). The van der Waals surface area contributed by atoms with Crippen LogP contribution in [0.4, 0.5) is 0 Å². The van der Waals surface area contributed by atoms with E-state index < -0.39 is 0 Å². The van der Waals surface area contributed by atoms with Crippen LogP contribution in [0.15, 0.2) is 11.6 Å². The Hall–Kier alpha value is -0.300. The van der Waals surface area contributed by atoms with Crippen LogP contribution in [0, 0.1) is 29.6 Å². The number of allylic oxidation sites excluding steroid dienone is 2. The zero-order valence-electron chi connectivity index (χ0n) is 10.8. The fourth-order valence-corrected chi connectivity index (χ4v) is 5.28. The maximum Gasteiger partial charge on any atom is -0.00433 e. The molecule has 1 saturated heterocycles. The van der Waals surface area contributed by atoms with Crippen molar-refractivity contribution in [2.24, 2.45) is 29.6 Å². The third-order valence-corrected chi connectivity index (χ3v) is 5.89. The smallest absolute Gasteiger partial charge is 0.00433 e. The molecule has 17 heavy (non-hydrogen) atoms. The maximum absolute atomic E-state index is 3.49. The number of nitrogens with one attached hydrogen (secondary N) is 1. The van der Waals surface area contributed by atoms with Crippen LogP contribution in [0.3, 0.4) is 0 Å². The highest BCUT2D eigenvalue weighted by Gasteiger charge is 2.45. The SMILES string of the molecule is C(=C1C2CC3CC(C2)CC1C3)C1CCNCC1. The summed E-state index contributed by atoms with van der Waals surface area (Å²) in [5.74, 6) is 5.16. The summed E-state index contributed by atoms with van der Waals surface area (Å²) in [6.07, 6.45) is 13.3. The van der Waals surface area contributed by atoms with E-state index in [1.807, 2.05) is 5.57 Å². The van der Waals surface area contributed by atoms with Gasteiger partial charge >= 0.3 is 0 Å². The van der Waals surface area contributed by atoms with E-state index in [0.717, 1.165) is 29.6 Å². The highest BCUT2D eigenvalue weighted by atomic mass is 14.9. The highest BCUT2D eigenvalue weighted by molar-refractivity contribution is 5.21. The molecular weight excluding hydrogens is 206 g/mol. The van der Waals surface area contributed by atoms with Crippen LogP contribution >= 0.6 is 0 Å². The van der Waals surface area contributed by atoms with Gasteiger partial charge in [0.25, 0.3) is 0 Å². The second-order valence-electron chi connectivity index (χ2n) is 7.06. The molecule has 0 aromatic carbocycles. The second-order valence-corrected chi connectivity index (χ2v) is 7.06. The fourth-order valence-electron chi connectivity index (χ4n) is 5.28. The molecule has 5 aliphatic rings. The Morgan fingerprint density at radius 1 is 0.824 bits per heavy atom. The monoisotopic (exact) mass is 231 g/mol. The average Bonchev–Trinajstić information content (AvgIpc) is 2.34. The van der Waals surface area contributed by atoms with Gasteiger partial charge in [0.15, 0.2) is 0 Å². The lowest BCUT2D eigenvalue weighted by atomic mass is 9.54. The number of piperidine rings is 1. The molecule has 1 heteroatoms. The molecule has 0 radical (unpaired) electrons. The van der Waals surface area contributed by atoms with E-state index in [0.29, 0.717) is 0 Å². The van der Waals surface area contributed by atoms with E-state index in [9.17, 15) is 0 Å². The fraction of sp³-hybridized carbons (Fsp3) is 0.875. The van der Waals surface area contributed by atoms with Crippen LogP contribution in [-0.2, 0) is 0 Å². The number of hydrogen-bond acceptors (Lipinski definition) is 1. The van der Waals surface area contributed by atoms with Gasteiger partial charge in [-0.1, -0.05) is 11.6 Å². The van der Waals surface area contributed by atoms with E-state index in [4.69, 9.17) is 0 Å². The molecule has 4 saturated carbocycles. The molecule has 0 amide bonds. The molecule has 0 unspecified atom stereocenters. The van der Waals surface area contributed by atoms with Gasteiger partial charge in [-0.2, -0.15) is 0 Å². The van der Waals surface area contributed by atoms with E-state index in [1.54, 1.807) is 32.1 Å². The summed E-state index contributed by atoms with van der Waals surface area (Å²) in [6, 6.07) is 0. The first-order chi connectivity index (χ1) is 8.38. The normalized spacial score (nSPS) is 45.3. The maximum atomic E-state index is 3.49. The summed E-state index contributed by atoms with van der Waals surface area (Å²) in [4.78, 5) is 0. The van der Waals surface area contributed by atoms with Gasteiger partial charge in [-0.25, -0.2) is 0 Å². The second kappa shape index (κ2) is 4.12. The summed E-state index contributed by atoms with van der Waals surface area (Å²) < 4.78 is 0.